The van der Waals surface area contributed by atoms with Crippen molar-refractivity contribution in [3.8, 4) is 0 Å². The van der Waals surface area contributed by atoms with Crippen LogP contribution in [0.15, 0.2) is 6.07 Å². The number of esters is 1. The van der Waals surface area contributed by atoms with Gasteiger partial charge in [-0.3, -0.25) is 4.79 Å². The Morgan fingerprint density at radius 1 is 1.38 bits per heavy atom. The fourth-order valence-corrected chi connectivity index (χ4v) is 2.94. The van der Waals surface area contributed by atoms with Gasteiger partial charge in [-0.25, -0.2) is 4.39 Å². The summed E-state index contributed by atoms with van der Waals surface area (Å²) < 4.78 is 19.3. The standard InChI is InChI=1S/C15H18Cl2FNO2/c1-14(2,3)15(4-5-15)13(20)21-7-8-9(16)6-10(17)12(19)11(8)18/h6H,4-5,7,19H2,1-3H3. The van der Waals surface area contributed by atoms with Gasteiger partial charge in [-0.05, 0) is 24.3 Å². The molecule has 1 aromatic rings. The predicted octanol–water partition coefficient (Wildman–Crippen LogP) is 4.58. The molecule has 2 N–H and O–H groups in total. The second-order valence-corrected chi connectivity index (χ2v) is 7.27. The molecule has 0 saturated heterocycles. The highest BCUT2D eigenvalue weighted by Gasteiger charge is 2.59. The van der Waals surface area contributed by atoms with Crippen LogP contribution in [-0.2, 0) is 16.1 Å². The molecule has 1 aliphatic rings. The molecule has 1 fully saturated rings. The molecule has 6 heteroatoms. The summed E-state index contributed by atoms with van der Waals surface area (Å²) in [5, 5.41) is 0.140. The topological polar surface area (TPSA) is 52.3 Å². The SMILES string of the molecule is CC(C)(C)C1(C(=O)OCc2c(Cl)cc(Cl)c(N)c2F)CC1. The van der Waals surface area contributed by atoms with Crippen LogP contribution in [0.2, 0.25) is 10.0 Å². The van der Waals surface area contributed by atoms with Crippen LogP contribution in [0, 0.1) is 16.6 Å². The number of hydrogen-bond donors (Lipinski definition) is 1. The van der Waals surface area contributed by atoms with Crippen molar-refractivity contribution in [1.82, 2.24) is 0 Å². The third-order valence-corrected chi connectivity index (χ3v) is 4.87. The summed E-state index contributed by atoms with van der Waals surface area (Å²) in [5.74, 6) is -1.06. The van der Waals surface area contributed by atoms with Gasteiger partial charge < -0.3 is 10.5 Å². The van der Waals surface area contributed by atoms with Crippen LogP contribution in [0.25, 0.3) is 0 Å². The number of nitrogens with two attached hydrogens (primary N) is 1. The van der Waals surface area contributed by atoms with Crippen LogP contribution in [0.3, 0.4) is 0 Å². The van der Waals surface area contributed by atoms with Gasteiger partial charge in [0, 0.05) is 5.56 Å². The first kappa shape index (κ1) is 16.4. The lowest BCUT2D eigenvalue weighted by atomic mass is 9.77. The van der Waals surface area contributed by atoms with Gasteiger partial charge in [0.05, 0.1) is 21.1 Å². The molecule has 0 amide bonds. The molecule has 0 aliphatic heterocycles. The zero-order chi connectivity index (χ0) is 16.0. The van der Waals surface area contributed by atoms with E-state index >= 15 is 0 Å². The maximum atomic E-state index is 14.0. The Bertz CT molecular complexity index is 592. The number of carbonyl (C=O) groups is 1. The summed E-state index contributed by atoms with van der Waals surface area (Å²) in [5.41, 5.74) is 4.71. The molecule has 0 radical (unpaired) electrons. The van der Waals surface area contributed by atoms with Crippen molar-refractivity contribution in [3.05, 3.63) is 27.5 Å². The number of rotatable bonds is 3. The van der Waals surface area contributed by atoms with Crippen molar-refractivity contribution in [2.24, 2.45) is 10.8 Å². The summed E-state index contributed by atoms with van der Waals surface area (Å²) in [6.07, 6.45) is 1.57. The number of ether oxygens (including phenoxy) is 1. The van der Waals surface area contributed by atoms with Crippen LogP contribution in [0.1, 0.15) is 39.2 Å². The summed E-state index contributed by atoms with van der Waals surface area (Å²) >= 11 is 11.7. The van der Waals surface area contributed by atoms with E-state index in [9.17, 15) is 9.18 Å². The van der Waals surface area contributed by atoms with E-state index in [1.807, 2.05) is 20.8 Å². The highest BCUT2D eigenvalue weighted by molar-refractivity contribution is 6.36. The Morgan fingerprint density at radius 3 is 2.43 bits per heavy atom. The molecule has 0 atom stereocenters. The molecule has 0 bridgehead atoms. The lowest BCUT2D eigenvalue weighted by molar-refractivity contribution is -0.156. The molecule has 0 heterocycles. The molecule has 3 nitrogen and oxygen atoms in total. The summed E-state index contributed by atoms with van der Waals surface area (Å²) in [6, 6.07) is 1.35. The van der Waals surface area contributed by atoms with Crippen molar-refractivity contribution >= 4 is 34.9 Å². The Morgan fingerprint density at radius 2 is 1.95 bits per heavy atom. The zero-order valence-electron chi connectivity index (χ0n) is 12.2. The first-order chi connectivity index (χ1) is 9.60. The van der Waals surface area contributed by atoms with E-state index in [4.69, 9.17) is 33.7 Å². The first-order valence-corrected chi connectivity index (χ1v) is 7.45. The largest absolute Gasteiger partial charge is 0.460 e. The molecular formula is C15H18Cl2FNO2. The fourth-order valence-electron chi connectivity index (χ4n) is 2.44. The van der Waals surface area contributed by atoms with Crippen LogP contribution >= 0.6 is 23.2 Å². The van der Waals surface area contributed by atoms with Crippen molar-refractivity contribution in [3.63, 3.8) is 0 Å². The Labute approximate surface area is 133 Å². The molecule has 21 heavy (non-hydrogen) atoms. The quantitative estimate of drug-likeness (QED) is 0.650. The zero-order valence-corrected chi connectivity index (χ0v) is 13.7. The van der Waals surface area contributed by atoms with Crippen LogP contribution in [-0.4, -0.2) is 5.97 Å². The van der Waals surface area contributed by atoms with Gasteiger partial charge in [-0.15, -0.1) is 0 Å². The smallest absolute Gasteiger partial charge is 0.312 e. The van der Waals surface area contributed by atoms with Crippen molar-refractivity contribution < 1.29 is 13.9 Å². The number of hydrogen-bond acceptors (Lipinski definition) is 3. The molecule has 116 valence electrons. The lowest BCUT2D eigenvalue weighted by Crippen LogP contribution is -2.32. The highest BCUT2D eigenvalue weighted by Crippen LogP contribution is 2.59. The van der Waals surface area contributed by atoms with Crippen molar-refractivity contribution in [2.45, 2.75) is 40.2 Å². The van der Waals surface area contributed by atoms with Gasteiger partial charge in [0.25, 0.3) is 0 Å². The monoisotopic (exact) mass is 333 g/mol. The van der Waals surface area contributed by atoms with Crippen molar-refractivity contribution in [2.75, 3.05) is 5.73 Å². The Kier molecular flexibility index (Phi) is 4.15. The number of nitrogen functional groups attached to an aromatic ring is 1. The number of benzene rings is 1. The summed E-state index contributed by atoms with van der Waals surface area (Å²) in [4.78, 5) is 12.3. The van der Waals surface area contributed by atoms with Crippen molar-refractivity contribution in [1.29, 1.82) is 0 Å². The van der Waals surface area contributed by atoms with Gasteiger partial charge in [-0.1, -0.05) is 44.0 Å². The van der Waals surface area contributed by atoms with E-state index in [1.54, 1.807) is 0 Å². The summed E-state index contributed by atoms with van der Waals surface area (Å²) in [6.45, 7) is 5.74. The van der Waals surface area contributed by atoms with E-state index < -0.39 is 11.2 Å². The van der Waals surface area contributed by atoms with E-state index in [0.29, 0.717) is 0 Å². The van der Waals surface area contributed by atoms with E-state index in [0.717, 1.165) is 12.8 Å². The number of halogens is 3. The molecule has 0 unspecified atom stereocenters. The molecule has 1 aromatic carbocycles. The van der Waals surface area contributed by atoms with Gasteiger partial charge in [0.2, 0.25) is 0 Å². The number of carbonyl (C=O) groups excluding carboxylic acids is 1. The van der Waals surface area contributed by atoms with Crippen LogP contribution in [0.5, 0.6) is 0 Å². The molecule has 1 saturated carbocycles. The number of anilines is 1. The Balaban J connectivity index is 2.15. The predicted molar refractivity (Wildman–Crippen MR) is 81.8 cm³/mol. The van der Waals surface area contributed by atoms with E-state index in [-0.39, 0.29) is 39.3 Å². The van der Waals surface area contributed by atoms with Gasteiger partial charge in [-0.2, -0.15) is 0 Å². The van der Waals surface area contributed by atoms with Crippen LogP contribution in [0.4, 0.5) is 10.1 Å². The average molecular weight is 334 g/mol. The highest BCUT2D eigenvalue weighted by atomic mass is 35.5. The molecule has 2 rings (SSSR count). The second kappa shape index (κ2) is 5.33. The summed E-state index contributed by atoms with van der Waals surface area (Å²) in [7, 11) is 0. The minimum absolute atomic E-state index is 0.0425. The maximum absolute atomic E-state index is 14.0. The maximum Gasteiger partial charge on any atom is 0.312 e. The van der Waals surface area contributed by atoms with E-state index in [1.165, 1.54) is 6.07 Å². The Hall–Kier alpha value is -1.00. The van der Waals surface area contributed by atoms with E-state index in [2.05, 4.69) is 0 Å². The fraction of sp³-hybridized carbons (Fsp3) is 0.533. The third kappa shape index (κ3) is 2.84. The second-order valence-electron chi connectivity index (χ2n) is 6.45. The first-order valence-electron chi connectivity index (χ1n) is 6.69. The van der Waals surface area contributed by atoms with Crippen LogP contribution < -0.4 is 5.73 Å². The van der Waals surface area contributed by atoms with Gasteiger partial charge in [0.1, 0.15) is 6.61 Å². The van der Waals surface area contributed by atoms with Gasteiger partial charge in [0.15, 0.2) is 5.82 Å². The average Bonchev–Trinajstić information content (AvgIpc) is 3.16. The molecule has 0 spiro atoms. The molecular weight excluding hydrogens is 316 g/mol. The minimum Gasteiger partial charge on any atom is -0.460 e. The van der Waals surface area contributed by atoms with Gasteiger partial charge >= 0.3 is 5.97 Å². The lowest BCUT2D eigenvalue weighted by Gasteiger charge is -2.28. The molecule has 1 aliphatic carbocycles. The normalized spacial score (nSPS) is 16.7. The molecule has 0 aromatic heterocycles. The minimum atomic E-state index is -0.735. The third-order valence-electron chi connectivity index (χ3n) is 4.22.